The Morgan fingerprint density at radius 3 is 2.73 bits per heavy atom. The van der Waals surface area contributed by atoms with Crippen molar-refractivity contribution in [3.63, 3.8) is 0 Å². The zero-order chi connectivity index (χ0) is 11.0. The summed E-state index contributed by atoms with van der Waals surface area (Å²) in [6.45, 7) is 0. The maximum Gasteiger partial charge on any atom is 0.335 e. The summed E-state index contributed by atoms with van der Waals surface area (Å²) in [6, 6.07) is 4.20. The molecule has 15 heavy (non-hydrogen) atoms. The molecule has 6 heteroatoms. The Bertz CT molecular complexity index is 444. The van der Waals surface area contributed by atoms with E-state index in [0.29, 0.717) is 11.4 Å². The van der Waals surface area contributed by atoms with E-state index in [1.165, 1.54) is 18.2 Å². The molecule has 0 aliphatic carbocycles. The van der Waals surface area contributed by atoms with Gasteiger partial charge in [0.15, 0.2) is 0 Å². The highest BCUT2D eigenvalue weighted by Gasteiger charge is 2.23. The highest BCUT2D eigenvalue weighted by atomic mass is 16.4. The fourth-order valence-corrected chi connectivity index (χ4v) is 1.32. The second-order valence-corrected chi connectivity index (χ2v) is 3.10. The lowest BCUT2D eigenvalue weighted by Gasteiger charge is -2.23. The molecule has 1 aliphatic rings. The van der Waals surface area contributed by atoms with Crippen LogP contribution in [0.15, 0.2) is 18.2 Å². The summed E-state index contributed by atoms with van der Waals surface area (Å²) in [6.07, 6.45) is -1.30. The Hall–Kier alpha value is -2.08. The van der Waals surface area contributed by atoms with Gasteiger partial charge in [0.1, 0.15) is 0 Å². The van der Waals surface area contributed by atoms with Crippen molar-refractivity contribution in [3.05, 3.63) is 23.8 Å². The monoisotopic (exact) mass is 208 g/mol. The molecule has 0 aromatic heterocycles. The summed E-state index contributed by atoms with van der Waals surface area (Å²) in [7, 11) is 0. The van der Waals surface area contributed by atoms with Crippen LogP contribution in [0.5, 0.6) is 0 Å². The van der Waals surface area contributed by atoms with Crippen LogP contribution in [0.2, 0.25) is 0 Å². The number of fused-ring (bicyclic) bond motifs is 1. The van der Waals surface area contributed by atoms with Gasteiger partial charge in [-0.1, -0.05) is 0 Å². The van der Waals surface area contributed by atoms with Crippen LogP contribution >= 0.6 is 0 Å². The van der Waals surface area contributed by atoms with Gasteiger partial charge in [-0.25, -0.2) is 4.79 Å². The Morgan fingerprint density at radius 2 is 2.07 bits per heavy atom. The molecule has 1 heterocycles. The van der Waals surface area contributed by atoms with Crippen LogP contribution in [0.4, 0.5) is 11.4 Å². The quantitative estimate of drug-likeness (QED) is 0.523. The van der Waals surface area contributed by atoms with E-state index in [2.05, 4.69) is 10.6 Å². The molecule has 0 saturated heterocycles. The molecule has 0 fully saturated rings. The summed E-state index contributed by atoms with van der Waals surface area (Å²) in [4.78, 5) is 21.7. The smallest absolute Gasteiger partial charge is 0.335 e. The van der Waals surface area contributed by atoms with Gasteiger partial charge in [-0.05, 0) is 18.2 Å². The fraction of sp³-hybridized carbons (Fsp3) is 0.111. The van der Waals surface area contributed by atoms with E-state index >= 15 is 0 Å². The summed E-state index contributed by atoms with van der Waals surface area (Å²) in [5.41, 5.74) is 0.921. The van der Waals surface area contributed by atoms with Gasteiger partial charge in [0.05, 0.1) is 16.9 Å². The number of nitrogens with one attached hydrogen (secondary N) is 2. The van der Waals surface area contributed by atoms with Crippen molar-refractivity contribution in [3.8, 4) is 0 Å². The van der Waals surface area contributed by atoms with E-state index in [-0.39, 0.29) is 5.56 Å². The van der Waals surface area contributed by atoms with Gasteiger partial charge in [0.25, 0.3) is 5.91 Å². The van der Waals surface area contributed by atoms with Gasteiger partial charge in [0, 0.05) is 0 Å². The minimum atomic E-state index is -1.30. The van der Waals surface area contributed by atoms with Crippen LogP contribution in [0, 0.1) is 0 Å². The van der Waals surface area contributed by atoms with Crippen LogP contribution in [0.3, 0.4) is 0 Å². The molecule has 0 bridgehead atoms. The number of hydrogen-bond acceptors (Lipinski definition) is 4. The molecular formula is C9H8N2O4. The van der Waals surface area contributed by atoms with E-state index in [1.54, 1.807) is 0 Å². The molecule has 1 unspecified atom stereocenters. The van der Waals surface area contributed by atoms with Crippen molar-refractivity contribution in [1.82, 2.24) is 0 Å². The van der Waals surface area contributed by atoms with E-state index in [4.69, 9.17) is 10.2 Å². The van der Waals surface area contributed by atoms with Crippen LogP contribution < -0.4 is 10.6 Å². The van der Waals surface area contributed by atoms with Crippen molar-refractivity contribution in [2.75, 3.05) is 10.6 Å². The van der Waals surface area contributed by atoms with Crippen molar-refractivity contribution in [2.45, 2.75) is 6.23 Å². The Labute approximate surface area is 84.5 Å². The topological polar surface area (TPSA) is 98.7 Å². The van der Waals surface area contributed by atoms with Gasteiger partial charge >= 0.3 is 5.97 Å². The number of amides is 1. The van der Waals surface area contributed by atoms with Gasteiger partial charge in [0.2, 0.25) is 6.23 Å². The van der Waals surface area contributed by atoms with E-state index in [0.717, 1.165) is 0 Å². The Kier molecular flexibility index (Phi) is 2.05. The zero-order valence-corrected chi connectivity index (χ0v) is 7.52. The van der Waals surface area contributed by atoms with Crippen LogP contribution in [0.25, 0.3) is 0 Å². The number of aliphatic hydroxyl groups is 1. The van der Waals surface area contributed by atoms with Crippen LogP contribution in [-0.4, -0.2) is 28.3 Å². The van der Waals surface area contributed by atoms with Gasteiger partial charge in [-0.3, -0.25) is 4.79 Å². The summed E-state index contributed by atoms with van der Waals surface area (Å²) in [5, 5.41) is 22.8. The molecule has 1 atom stereocenters. The molecule has 1 amide bonds. The van der Waals surface area contributed by atoms with E-state index in [1.807, 2.05) is 0 Å². The highest BCUT2D eigenvalue weighted by Crippen LogP contribution is 2.27. The molecule has 1 aliphatic heterocycles. The molecule has 2 rings (SSSR count). The van der Waals surface area contributed by atoms with Crippen molar-refractivity contribution >= 4 is 23.3 Å². The van der Waals surface area contributed by atoms with Gasteiger partial charge in [-0.15, -0.1) is 0 Å². The third kappa shape index (κ3) is 1.62. The third-order valence-electron chi connectivity index (χ3n) is 2.06. The van der Waals surface area contributed by atoms with Gasteiger partial charge < -0.3 is 20.8 Å². The third-order valence-corrected chi connectivity index (χ3v) is 2.06. The molecule has 78 valence electrons. The number of anilines is 2. The predicted molar refractivity (Wildman–Crippen MR) is 51.7 cm³/mol. The first-order valence-corrected chi connectivity index (χ1v) is 4.21. The lowest BCUT2D eigenvalue weighted by Crippen LogP contribution is -2.38. The minimum absolute atomic E-state index is 0.0761. The minimum Gasteiger partial charge on any atom is -0.478 e. The molecule has 6 nitrogen and oxygen atoms in total. The van der Waals surface area contributed by atoms with Gasteiger partial charge in [-0.2, -0.15) is 0 Å². The number of carbonyl (C=O) groups excluding carboxylic acids is 1. The number of aromatic carboxylic acids is 1. The Balaban J connectivity index is 2.41. The second-order valence-electron chi connectivity index (χ2n) is 3.10. The lowest BCUT2D eigenvalue weighted by atomic mass is 10.1. The standard InChI is InChI=1S/C9H8N2O4/c12-7-8(13)11-6-3-4(9(14)15)1-2-5(6)10-7/h1-3,7,10,12H,(H,11,13)(H,14,15). The number of hydrogen-bond donors (Lipinski definition) is 4. The number of rotatable bonds is 1. The number of carbonyl (C=O) groups is 2. The van der Waals surface area contributed by atoms with Crippen LogP contribution in [0.1, 0.15) is 10.4 Å². The predicted octanol–water partition coefficient (Wildman–Crippen LogP) is 0.0672. The molecule has 0 spiro atoms. The molecule has 0 radical (unpaired) electrons. The first-order valence-electron chi connectivity index (χ1n) is 4.21. The maximum absolute atomic E-state index is 11.1. The highest BCUT2D eigenvalue weighted by molar-refractivity contribution is 6.03. The summed E-state index contributed by atoms with van der Waals surface area (Å²) < 4.78 is 0. The van der Waals surface area contributed by atoms with E-state index in [9.17, 15) is 9.59 Å². The van der Waals surface area contributed by atoms with Crippen molar-refractivity contribution < 1.29 is 19.8 Å². The van der Waals surface area contributed by atoms with Crippen molar-refractivity contribution in [1.29, 1.82) is 0 Å². The summed E-state index contributed by atoms with van der Waals surface area (Å²) in [5.74, 6) is -1.68. The number of benzene rings is 1. The molecule has 1 aromatic carbocycles. The fourth-order valence-electron chi connectivity index (χ4n) is 1.32. The maximum atomic E-state index is 11.1. The first kappa shape index (κ1) is 9.47. The SMILES string of the molecule is O=C(O)c1ccc2c(c1)NC(=O)C(O)N2. The zero-order valence-electron chi connectivity index (χ0n) is 7.52. The average Bonchev–Trinajstić information content (AvgIpc) is 2.19. The number of carboxylic acids is 1. The van der Waals surface area contributed by atoms with Crippen LogP contribution in [-0.2, 0) is 4.79 Å². The molecule has 0 saturated carbocycles. The Morgan fingerprint density at radius 1 is 1.33 bits per heavy atom. The first-order chi connectivity index (χ1) is 7.08. The number of aliphatic hydroxyl groups excluding tert-OH is 1. The molecular weight excluding hydrogens is 200 g/mol. The largest absolute Gasteiger partial charge is 0.478 e. The molecule has 4 N–H and O–H groups in total. The van der Waals surface area contributed by atoms with E-state index < -0.39 is 18.1 Å². The average molecular weight is 208 g/mol. The van der Waals surface area contributed by atoms with Crippen molar-refractivity contribution in [2.24, 2.45) is 0 Å². The number of carboxylic acid groups (broad SMARTS) is 1. The second kappa shape index (κ2) is 3.25. The molecule has 1 aromatic rings. The lowest BCUT2D eigenvalue weighted by molar-refractivity contribution is -0.122. The normalized spacial score (nSPS) is 18.7. The summed E-state index contributed by atoms with van der Waals surface area (Å²) >= 11 is 0.